The van der Waals surface area contributed by atoms with E-state index in [9.17, 15) is 4.79 Å². The number of hydrogen-bond acceptors (Lipinski definition) is 4. The van der Waals surface area contributed by atoms with Gasteiger partial charge in [0.2, 0.25) is 0 Å². The van der Waals surface area contributed by atoms with Gasteiger partial charge in [0.1, 0.15) is 17.2 Å². The van der Waals surface area contributed by atoms with Gasteiger partial charge in [-0.3, -0.25) is 4.79 Å². The third-order valence-corrected chi connectivity index (χ3v) is 3.68. The Balaban J connectivity index is 2.30. The molecular formula is C16H15NO3S. The number of thiophene rings is 1. The van der Waals surface area contributed by atoms with Crippen LogP contribution in [0.5, 0.6) is 5.75 Å². The molecule has 2 aromatic rings. The average molecular weight is 301 g/mol. The zero-order valence-corrected chi connectivity index (χ0v) is 12.6. The molecule has 1 heterocycles. The lowest BCUT2D eigenvalue weighted by Crippen LogP contribution is -2.12. The van der Waals surface area contributed by atoms with Crippen molar-refractivity contribution < 1.29 is 14.6 Å². The summed E-state index contributed by atoms with van der Waals surface area (Å²) in [5, 5.41) is 13.4. The number of hydrogen-bond donors (Lipinski definition) is 2. The molecule has 108 valence electrons. The van der Waals surface area contributed by atoms with Gasteiger partial charge in [0.15, 0.2) is 0 Å². The molecule has 5 heteroatoms. The number of nitrogens with one attached hydrogen (secondary N) is 1. The molecule has 0 fully saturated rings. The monoisotopic (exact) mass is 301 g/mol. The largest absolute Gasteiger partial charge is 0.495 e. The van der Waals surface area contributed by atoms with Gasteiger partial charge in [0.25, 0.3) is 5.91 Å². The SMILES string of the molecule is COc1ccsc1C(=O)Nc1cc(C)ccc1C#CCO. The highest BCUT2D eigenvalue weighted by Crippen LogP contribution is 2.26. The van der Waals surface area contributed by atoms with Crippen molar-refractivity contribution in [2.75, 3.05) is 19.0 Å². The van der Waals surface area contributed by atoms with E-state index in [2.05, 4.69) is 17.2 Å². The van der Waals surface area contributed by atoms with Gasteiger partial charge in [-0.15, -0.1) is 11.3 Å². The number of carbonyl (C=O) groups is 1. The third kappa shape index (κ3) is 3.63. The van der Waals surface area contributed by atoms with Crippen LogP contribution in [0.3, 0.4) is 0 Å². The van der Waals surface area contributed by atoms with E-state index in [1.165, 1.54) is 18.4 Å². The summed E-state index contributed by atoms with van der Waals surface area (Å²) in [6.07, 6.45) is 0. The summed E-state index contributed by atoms with van der Waals surface area (Å²) in [7, 11) is 1.53. The zero-order chi connectivity index (χ0) is 15.2. The highest BCUT2D eigenvalue weighted by Gasteiger charge is 2.15. The molecule has 0 atom stereocenters. The Labute approximate surface area is 127 Å². The molecule has 0 aliphatic heterocycles. The van der Waals surface area contributed by atoms with Crippen LogP contribution in [0, 0.1) is 18.8 Å². The number of anilines is 1. The van der Waals surface area contributed by atoms with Crippen molar-refractivity contribution in [1.29, 1.82) is 0 Å². The number of benzene rings is 1. The lowest BCUT2D eigenvalue weighted by Gasteiger charge is -2.09. The molecule has 21 heavy (non-hydrogen) atoms. The maximum atomic E-state index is 12.3. The third-order valence-electron chi connectivity index (χ3n) is 2.78. The van der Waals surface area contributed by atoms with Crippen LogP contribution >= 0.6 is 11.3 Å². The van der Waals surface area contributed by atoms with Gasteiger partial charge in [0, 0.05) is 5.56 Å². The van der Waals surface area contributed by atoms with Crippen molar-refractivity contribution in [1.82, 2.24) is 0 Å². The minimum Gasteiger partial charge on any atom is -0.495 e. The summed E-state index contributed by atoms with van der Waals surface area (Å²) >= 11 is 1.32. The van der Waals surface area contributed by atoms with Gasteiger partial charge in [-0.2, -0.15) is 0 Å². The molecule has 0 aliphatic rings. The maximum absolute atomic E-state index is 12.3. The fraction of sp³-hybridized carbons (Fsp3) is 0.188. The molecule has 0 spiro atoms. The van der Waals surface area contributed by atoms with Gasteiger partial charge in [-0.1, -0.05) is 17.9 Å². The lowest BCUT2D eigenvalue weighted by atomic mass is 10.1. The number of rotatable bonds is 3. The molecule has 0 saturated heterocycles. The first-order chi connectivity index (χ1) is 10.2. The first kappa shape index (κ1) is 15.1. The Morgan fingerprint density at radius 3 is 2.95 bits per heavy atom. The van der Waals surface area contributed by atoms with E-state index in [1.54, 1.807) is 11.4 Å². The van der Waals surface area contributed by atoms with E-state index in [0.717, 1.165) is 5.56 Å². The molecule has 4 nitrogen and oxygen atoms in total. The van der Waals surface area contributed by atoms with E-state index in [-0.39, 0.29) is 12.5 Å². The molecule has 0 aliphatic carbocycles. The van der Waals surface area contributed by atoms with Gasteiger partial charge in [-0.25, -0.2) is 0 Å². The number of amides is 1. The summed E-state index contributed by atoms with van der Waals surface area (Å²) in [6.45, 7) is 1.71. The predicted molar refractivity (Wildman–Crippen MR) is 84.0 cm³/mol. The van der Waals surface area contributed by atoms with Crippen molar-refractivity contribution in [2.24, 2.45) is 0 Å². The fourth-order valence-corrected chi connectivity index (χ4v) is 2.56. The van der Waals surface area contributed by atoms with Crippen LogP contribution in [0.2, 0.25) is 0 Å². The molecule has 2 rings (SSSR count). The summed E-state index contributed by atoms with van der Waals surface area (Å²) in [6, 6.07) is 7.32. The zero-order valence-electron chi connectivity index (χ0n) is 11.8. The van der Waals surface area contributed by atoms with Crippen molar-refractivity contribution in [3.8, 4) is 17.6 Å². The Morgan fingerprint density at radius 1 is 1.43 bits per heavy atom. The molecule has 0 saturated carbocycles. The maximum Gasteiger partial charge on any atom is 0.269 e. The molecular weight excluding hydrogens is 286 g/mol. The number of aliphatic hydroxyl groups excluding tert-OH is 1. The van der Waals surface area contributed by atoms with E-state index >= 15 is 0 Å². The summed E-state index contributed by atoms with van der Waals surface area (Å²) in [4.78, 5) is 12.8. The van der Waals surface area contributed by atoms with Crippen LogP contribution in [-0.4, -0.2) is 24.7 Å². The lowest BCUT2D eigenvalue weighted by molar-refractivity contribution is 0.102. The molecule has 0 unspecified atom stereocenters. The van der Waals surface area contributed by atoms with E-state index in [0.29, 0.717) is 21.9 Å². The van der Waals surface area contributed by atoms with Crippen LogP contribution in [-0.2, 0) is 0 Å². The Bertz CT molecular complexity index is 710. The second kappa shape index (κ2) is 6.93. The molecule has 0 radical (unpaired) electrons. The first-order valence-corrected chi connectivity index (χ1v) is 7.17. The van der Waals surface area contributed by atoms with E-state index in [1.807, 2.05) is 25.1 Å². The van der Waals surface area contributed by atoms with Crippen LogP contribution in [0.15, 0.2) is 29.6 Å². The fourth-order valence-electron chi connectivity index (χ4n) is 1.81. The normalized spacial score (nSPS) is 9.67. The molecule has 1 aromatic carbocycles. The summed E-state index contributed by atoms with van der Waals surface area (Å²) in [5.74, 6) is 5.73. The van der Waals surface area contributed by atoms with Crippen LogP contribution in [0.4, 0.5) is 5.69 Å². The average Bonchev–Trinajstić information content (AvgIpc) is 2.95. The predicted octanol–water partition coefficient (Wildman–Crippen LogP) is 2.66. The molecule has 1 aromatic heterocycles. The number of ether oxygens (including phenoxy) is 1. The van der Waals surface area contributed by atoms with E-state index < -0.39 is 0 Å². The van der Waals surface area contributed by atoms with Crippen LogP contribution < -0.4 is 10.1 Å². The van der Waals surface area contributed by atoms with Crippen molar-refractivity contribution in [2.45, 2.75) is 6.92 Å². The number of methoxy groups -OCH3 is 1. The van der Waals surface area contributed by atoms with Crippen LogP contribution in [0.25, 0.3) is 0 Å². The summed E-state index contributed by atoms with van der Waals surface area (Å²) < 4.78 is 5.15. The highest BCUT2D eigenvalue weighted by molar-refractivity contribution is 7.12. The van der Waals surface area contributed by atoms with E-state index in [4.69, 9.17) is 9.84 Å². The molecule has 2 N–H and O–H groups in total. The van der Waals surface area contributed by atoms with Crippen molar-refractivity contribution in [3.05, 3.63) is 45.6 Å². The van der Waals surface area contributed by atoms with Crippen molar-refractivity contribution in [3.63, 3.8) is 0 Å². The minimum atomic E-state index is -0.237. The quantitative estimate of drug-likeness (QED) is 0.857. The summed E-state index contributed by atoms with van der Waals surface area (Å²) in [5.41, 5.74) is 2.30. The second-order valence-corrected chi connectivity index (χ2v) is 5.20. The first-order valence-electron chi connectivity index (χ1n) is 6.29. The van der Waals surface area contributed by atoms with Crippen molar-refractivity contribution >= 4 is 22.9 Å². The number of carbonyl (C=O) groups excluding carboxylic acids is 1. The minimum absolute atomic E-state index is 0.222. The second-order valence-electron chi connectivity index (χ2n) is 4.28. The topological polar surface area (TPSA) is 58.6 Å². The highest BCUT2D eigenvalue weighted by atomic mass is 32.1. The standard InChI is InChI=1S/C16H15NO3S/c1-11-5-6-12(4-3-8-18)13(10-11)17-16(19)15-14(20-2)7-9-21-15/h5-7,9-10,18H,8H2,1-2H3,(H,17,19). The Kier molecular flexibility index (Phi) is 4.99. The van der Waals surface area contributed by atoms with Gasteiger partial charge in [0.05, 0.1) is 12.8 Å². The van der Waals surface area contributed by atoms with Gasteiger partial charge >= 0.3 is 0 Å². The smallest absolute Gasteiger partial charge is 0.269 e. The van der Waals surface area contributed by atoms with Gasteiger partial charge < -0.3 is 15.2 Å². The Morgan fingerprint density at radius 2 is 2.24 bits per heavy atom. The van der Waals surface area contributed by atoms with Crippen LogP contribution in [0.1, 0.15) is 20.8 Å². The molecule has 0 bridgehead atoms. The Hall–Kier alpha value is -2.29. The number of aryl methyl sites for hydroxylation is 1. The number of aliphatic hydroxyl groups is 1. The van der Waals surface area contributed by atoms with Gasteiger partial charge in [-0.05, 0) is 36.1 Å². The molecule has 1 amide bonds.